The van der Waals surface area contributed by atoms with Crippen LogP contribution in [0.25, 0.3) is 0 Å². The Hall–Kier alpha value is -3.12. The third-order valence-electron chi connectivity index (χ3n) is 8.81. The second-order valence-corrected chi connectivity index (χ2v) is 12.4. The molecule has 0 heterocycles. The number of benzene rings is 1. The first-order chi connectivity index (χ1) is 20.2. The van der Waals surface area contributed by atoms with Crippen LogP contribution < -0.4 is 15.4 Å². The summed E-state index contributed by atoms with van der Waals surface area (Å²) in [5.74, 6) is 3.40. The van der Waals surface area contributed by atoms with E-state index in [2.05, 4.69) is 54.5 Å². The third kappa shape index (κ3) is 10.3. The lowest BCUT2D eigenvalue weighted by molar-refractivity contribution is -0.138. The first kappa shape index (κ1) is 33.4. The Labute approximate surface area is 254 Å². The van der Waals surface area contributed by atoms with Crippen LogP contribution in [0.1, 0.15) is 59.8 Å². The lowest BCUT2D eigenvalue weighted by Gasteiger charge is -2.37. The van der Waals surface area contributed by atoms with Crippen molar-refractivity contribution in [3.63, 3.8) is 0 Å². The highest BCUT2D eigenvalue weighted by molar-refractivity contribution is 5.80. The summed E-state index contributed by atoms with van der Waals surface area (Å²) < 4.78 is 5.24. The van der Waals surface area contributed by atoms with Crippen molar-refractivity contribution in [2.75, 3.05) is 39.1 Å². The molecule has 6 heteroatoms. The zero-order chi connectivity index (χ0) is 30.5. The molecular weight excluding hydrogens is 522 g/mol. The fraction of sp³-hybridized carbons (Fsp3) is 0.556. The van der Waals surface area contributed by atoms with Crippen LogP contribution in [-0.2, 0) is 9.59 Å². The average molecular weight is 576 g/mol. The Morgan fingerprint density at radius 3 is 2.48 bits per heavy atom. The second-order valence-electron chi connectivity index (χ2n) is 12.4. The van der Waals surface area contributed by atoms with Crippen molar-refractivity contribution in [1.29, 1.82) is 0 Å². The monoisotopic (exact) mass is 575 g/mol. The molecule has 1 aromatic carbocycles. The first-order valence-corrected chi connectivity index (χ1v) is 15.8. The Morgan fingerprint density at radius 1 is 1.07 bits per heavy atom. The summed E-state index contributed by atoms with van der Waals surface area (Å²) in [5.41, 5.74) is 2.96. The maximum Gasteiger partial charge on any atom is 0.227 e. The zero-order valence-electron chi connectivity index (χ0n) is 26.6. The maximum atomic E-state index is 13.7. The Kier molecular flexibility index (Phi) is 13.6. The number of amides is 1. The lowest BCUT2D eigenvalue weighted by atomic mass is 9.80. The summed E-state index contributed by atoms with van der Waals surface area (Å²) >= 11 is 0. The molecule has 42 heavy (non-hydrogen) atoms. The van der Waals surface area contributed by atoms with Crippen molar-refractivity contribution in [3.05, 3.63) is 71.9 Å². The molecule has 6 atom stereocenters. The normalized spacial score (nSPS) is 27.0. The third-order valence-corrected chi connectivity index (χ3v) is 8.81. The van der Waals surface area contributed by atoms with Crippen LogP contribution in [0.3, 0.4) is 0 Å². The van der Waals surface area contributed by atoms with Gasteiger partial charge in [0, 0.05) is 36.9 Å². The fourth-order valence-electron chi connectivity index (χ4n) is 6.36. The van der Waals surface area contributed by atoms with Gasteiger partial charge < -0.3 is 20.3 Å². The van der Waals surface area contributed by atoms with E-state index in [9.17, 15) is 9.59 Å². The van der Waals surface area contributed by atoms with Gasteiger partial charge in [-0.25, -0.2) is 0 Å². The predicted molar refractivity (Wildman–Crippen MR) is 175 cm³/mol. The van der Waals surface area contributed by atoms with Gasteiger partial charge >= 0.3 is 0 Å². The van der Waals surface area contributed by atoms with Gasteiger partial charge in [-0.05, 0) is 87.2 Å². The molecule has 1 amide bonds. The predicted octanol–water partition coefficient (Wildman–Crippen LogP) is 6.83. The van der Waals surface area contributed by atoms with Crippen LogP contribution in [0.5, 0.6) is 5.75 Å². The van der Waals surface area contributed by atoms with E-state index < -0.39 is 0 Å². The number of nitrogens with one attached hydrogen (secondary N) is 2. The van der Waals surface area contributed by atoms with Gasteiger partial charge in [-0.1, -0.05) is 69.6 Å². The highest BCUT2D eigenvalue weighted by Gasteiger charge is 2.34. The molecule has 2 N–H and O–H groups in total. The highest BCUT2D eigenvalue weighted by atomic mass is 16.5. The van der Waals surface area contributed by atoms with Crippen LogP contribution >= 0.6 is 0 Å². The van der Waals surface area contributed by atoms with Crippen LogP contribution in [-0.4, -0.2) is 56.9 Å². The zero-order valence-corrected chi connectivity index (χ0v) is 26.6. The molecule has 3 aliphatic rings. The summed E-state index contributed by atoms with van der Waals surface area (Å²) in [5, 5.41) is 6.89. The molecule has 1 aromatic rings. The van der Waals surface area contributed by atoms with Crippen LogP contribution in [0.4, 0.5) is 5.69 Å². The van der Waals surface area contributed by atoms with Gasteiger partial charge in [-0.3, -0.25) is 9.59 Å². The molecule has 3 aliphatic carbocycles. The SMILES string of the molecule is CC1=CC(C)C=CC(C=O)=C1.CNC1CCCCC1C(=O)N(CCNc1ccc(OC)cc1)CC1C=CC(C)CC1C. The molecule has 1 saturated carbocycles. The molecule has 0 spiro atoms. The Balaban J connectivity index is 0.000000369. The Bertz CT molecular complexity index is 1120. The maximum absolute atomic E-state index is 13.7. The van der Waals surface area contributed by atoms with Gasteiger partial charge in [0.2, 0.25) is 5.91 Å². The van der Waals surface area contributed by atoms with Crippen LogP contribution in [0, 0.1) is 29.6 Å². The van der Waals surface area contributed by atoms with Crippen LogP contribution in [0.15, 0.2) is 71.9 Å². The number of nitrogens with zero attached hydrogens (tertiary/aromatic N) is 1. The second kappa shape index (κ2) is 17.1. The summed E-state index contributed by atoms with van der Waals surface area (Å²) in [6.45, 7) is 11.0. The number of carbonyl (C=O) groups excluding carboxylic acids is 2. The molecule has 0 aromatic heterocycles. The van der Waals surface area contributed by atoms with Gasteiger partial charge in [0.05, 0.1) is 13.0 Å². The first-order valence-electron chi connectivity index (χ1n) is 15.8. The fourth-order valence-corrected chi connectivity index (χ4v) is 6.36. The molecule has 0 radical (unpaired) electrons. The van der Waals surface area contributed by atoms with E-state index in [1.165, 1.54) is 12.8 Å². The number of aldehydes is 1. The summed E-state index contributed by atoms with van der Waals surface area (Å²) in [4.78, 5) is 26.2. The van der Waals surface area contributed by atoms with Crippen molar-refractivity contribution >= 4 is 17.9 Å². The molecule has 0 bridgehead atoms. The molecule has 230 valence electrons. The largest absolute Gasteiger partial charge is 0.497 e. The number of hydrogen-bond acceptors (Lipinski definition) is 5. The number of ether oxygens (including phenoxy) is 1. The number of methoxy groups -OCH3 is 1. The van der Waals surface area contributed by atoms with E-state index in [1.54, 1.807) is 7.11 Å². The van der Waals surface area contributed by atoms with E-state index in [0.29, 0.717) is 35.6 Å². The van der Waals surface area contributed by atoms with E-state index in [0.717, 1.165) is 67.8 Å². The van der Waals surface area contributed by atoms with Crippen molar-refractivity contribution < 1.29 is 14.3 Å². The van der Waals surface area contributed by atoms with Crippen molar-refractivity contribution in [2.24, 2.45) is 29.6 Å². The summed E-state index contributed by atoms with van der Waals surface area (Å²) in [6.07, 6.45) is 19.2. The topological polar surface area (TPSA) is 70.7 Å². The van der Waals surface area contributed by atoms with Crippen molar-refractivity contribution in [3.8, 4) is 5.75 Å². The number of carbonyl (C=O) groups is 2. The highest BCUT2D eigenvalue weighted by Crippen LogP contribution is 2.31. The van der Waals surface area contributed by atoms with Crippen LogP contribution in [0.2, 0.25) is 0 Å². The van der Waals surface area contributed by atoms with E-state index in [1.807, 2.05) is 56.5 Å². The average Bonchev–Trinajstić information content (AvgIpc) is 3.17. The van der Waals surface area contributed by atoms with E-state index in [4.69, 9.17) is 4.74 Å². The van der Waals surface area contributed by atoms with E-state index in [-0.39, 0.29) is 5.92 Å². The molecule has 6 unspecified atom stereocenters. The molecule has 1 fully saturated rings. The van der Waals surface area contributed by atoms with Gasteiger partial charge in [0.15, 0.2) is 0 Å². The lowest BCUT2D eigenvalue weighted by Crippen LogP contribution is -2.49. The smallest absolute Gasteiger partial charge is 0.227 e. The van der Waals surface area contributed by atoms with Gasteiger partial charge in [-0.15, -0.1) is 0 Å². The van der Waals surface area contributed by atoms with Gasteiger partial charge in [0.1, 0.15) is 12.0 Å². The van der Waals surface area contributed by atoms with E-state index >= 15 is 0 Å². The standard InChI is InChI=1S/C26H41N3O2.C10H12O/c1-19-9-10-21(20(2)17-19)18-29(26(30)24-7-5-6-8-25(24)27-3)16-15-28-22-11-13-23(31-4)14-12-22;1-8-3-4-10(7-11)6-9(2)5-8/h9-14,19-21,24-25,27-28H,5-8,15-18H2,1-4H3;3-8H,1-2H3. The molecular formula is C36H53N3O3. The summed E-state index contributed by atoms with van der Waals surface area (Å²) in [7, 11) is 3.68. The minimum Gasteiger partial charge on any atom is -0.497 e. The Morgan fingerprint density at radius 2 is 1.81 bits per heavy atom. The minimum atomic E-state index is 0.0986. The number of anilines is 1. The molecule has 6 nitrogen and oxygen atoms in total. The quantitative estimate of drug-likeness (QED) is 0.237. The number of hydrogen-bond donors (Lipinski definition) is 2. The summed E-state index contributed by atoms with van der Waals surface area (Å²) in [6, 6.07) is 8.27. The molecule has 0 aliphatic heterocycles. The number of allylic oxidation sites excluding steroid dienone is 7. The molecule has 0 saturated heterocycles. The van der Waals surface area contributed by atoms with Gasteiger partial charge in [0.25, 0.3) is 0 Å². The van der Waals surface area contributed by atoms with Gasteiger partial charge in [-0.2, -0.15) is 0 Å². The number of rotatable bonds is 10. The minimum absolute atomic E-state index is 0.0986. The van der Waals surface area contributed by atoms with Crippen molar-refractivity contribution in [2.45, 2.75) is 65.8 Å². The molecule has 4 rings (SSSR count). The van der Waals surface area contributed by atoms with Crippen molar-refractivity contribution in [1.82, 2.24) is 10.2 Å².